The number of ether oxygens (including phenoxy) is 3. The van der Waals surface area contributed by atoms with Gasteiger partial charge in [-0.15, -0.1) is 0 Å². The van der Waals surface area contributed by atoms with Crippen molar-refractivity contribution < 1.29 is 34.3 Å². The second kappa shape index (κ2) is 10.3. The van der Waals surface area contributed by atoms with Crippen molar-refractivity contribution in [3.05, 3.63) is 76.3 Å². The maximum Gasteiger partial charge on any atom is 0.304 e. The molecule has 0 amide bonds. The van der Waals surface area contributed by atoms with Crippen molar-refractivity contribution in [3.8, 4) is 28.4 Å². The average molecular weight is 519 g/mol. The van der Waals surface area contributed by atoms with Crippen LogP contribution in [0.2, 0.25) is 0 Å². The first-order valence-corrected chi connectivity index (χ1v) is 13.0. The van der Waals surface area contributed by atoms with Gasteiger partial charge in [-0.05, 0) is 85.2 Å². The Morgan fingerprint density at radius 2 is 1.79 bits per heavy atom. The number of hydrogen-bond donors (Lipinski definition) is 3. The van der Waals surface area contributed by atoms with Gasteiger partial charge < -0.3 is 29.5 Å². The van der Waals surface area contributed by atoms with E-state index in [1.54, 1.807) is 0 Å². The van der Waals surface area contributed by atoms with Gasteiger partial charge in [0.25, 0.3) is 0 Å². The minimum atomic E-state index is -0.910. The number of carboxylic acids is 1. The summed E-state index contributed by atoms with van der Waals surface area (Å²) in [6, 6.07) is 15.8. The van der Waals surface area contributed by atoms with Crippen LogP contribution in [0.3, 0.4) is 0 Å². The highest BCUT2D eigenvalue weighted by Gasteiger charge is 2.57. The van der Waals surface area contributed by atoms with E-state index < -0.39 is 12.1 Å². The zero-order chi connectivity index (χ0) is 27.0. The van der Waals surface area contributed by atoms with Gasteiger partial charge in [-0.3, -0.25) is 4.79 Å². The van der Waals surface area contributed by atoms with Gasteiger partial charge in [-0.1, -0.05) is 24.3 Å². The molecule has 0 aromatic heterocycles. The van der Waals surface area contributed by atoms with Crippen LogP contribution in [-0.4, -0.2) is 46.2 Å². The van der Waals surface area contributed by atoms with Crippen molar-refractivity contribution in [2.24, 2.45) is 0 Å². The number of aryl methyl sites for hydroxylation is 2. The summed E-state index contributed by atoms with van der Waals surface area (Å²) in [6.45, 7) is 6.25. The van der Waals surface area contributed by atoms with Gasteiger partial charge in [0.1, 0.15) is 42.2 Å². The fraction of sp³-hybridized carbons (Fsp3) is 0.387. The minimum absolute atomic E-state index is 0.0372. The molecule has 3 N–H and O–H groups in total. The first kappa shape index (κ1) is 26.1. The molecular formula is C31H34O7. The van der Waals surface area contributed by atoms with Crippen molar-refractivity contribution in [2.75, 3.05) is 13.2 Å². The molecule has 0 saturated heterocycles. The summed E-state index contributed by atoms with van der Waals surface area (Å²) < 4.78 is 18.0. The van der Waals surface area contributed by atoms with Crippen molar-refractivity contribution in [1.82, 2.24) is 0 Å². The molecule has 1 aliphatic carbocycles. The summed E-state index contributed by atoms with van der Waals surface area (Å²) in [4.78, 5) is 11.4. The topological polar surface area (TPSA) is 105 Å². The van der Waals surface area contributed by atoms with Gasteiger partial charge in [0.05, 0.1) is 13.0 Å². The average Bonchev–Trinajstić information content (AvgIpc) is 3.59. The van der Waals surface area contributed by atoms with Crippen molar-refractivity contribution >= 4 is 5.97 Å². The van der Waals surface area contributed by atoms with E-state index in [1.807, 2.05) is 50.2 Å². The lowest BCUT2D eigenvalue weighted by atomic mass is 9.90. The third-order valence-corrected chi connectivity index (χ3v) is 7.70. The minimum Gasteiger partial charge on any atom is -0.491 e. The Morgan fingerprint density at radius 3 is 2.45 bits per heavy atom. The van der Waals surface area contributed by atoms with Crippen LogP contribution in [0.15, 0.2) is 48.5 Å². The zero-order valence-corrected chi connectivity index (χ0v) is 22.0. The first-order chi connectivity index (χ1) is 18.2. The van der Waals surface area contributed by atoms with E-state index in [4.69, 9.17) is 19.3 Å². The summed E-state index contributed by atoms with van der Waals surface area (Å²) in [5, 5.41) is 28.0. The number of rotatable bonds is 10. The molecule has 7 heteroatoms. The molecule has 0 radical (unpaired) electrons. The number of carboxylic acid groups (broad SMARTS) is 1. The van der Waals surface area contributed by atoms with E-state index >= 15 is 0 Å². The molecule has 3 aromatic rings. The highest BCUT2D eigenvalue weighted by molar-refractivity contribution is 5.75. The number of hydrogen-bond acceptors (Lipinski definition) is 6. The van der Waals surface area contributed by atoms with Crippen LogP contribution in [0, 0.1) is 20.8 Å². The number of fused-ring (bicyclic) bond motifs is 1. The molecule has 1 spiro atoms. The van der Waals surface area contributed by atoms with Crippen LogP contribution < -0.4 is 14.2 Å². The largest absolute Gasteiger partial charge is 0.491 e. The molecule has 2 atom stereocenters. The van der Waals surface area contributed by atoms with E-state index in [0.717, 1.165) is 57.5 Å². The third-order valence-electron chi connectivity index (χ3n) is 7.70. The smallest absolute Gasteiger partial charge is 0.304 e. The summed E-state index contributed by atoms with van der Waals surface area (Å²) in [7, 11) is 0. The molecule has 200 valence electrons. The fourth-order valence-electron chi connectivity index (χ4n) is 5.55. The summed E-state index contributed by atoms with van der Waals surface area (Å²) in [6.07, 6.45) is 0.944. The molecule has 1 fully saturated rings. The molecule has 0 unspecified atom stereocenters. The van der Waals surface area contributed by atoms with Crippen molar-refractivity contribution in [3.63, 3.8) is 0 Å². The zero-order valence-electron chi connectivity index (χ0n) is 22.0. The molecule has 3 aromatic carbocycles. The van der Waals surface area contributed by atoms with Crippen LogP contribution in [0.25, 0.3) is 11.1 Å². The van der Waals surface area contributed by atoms with E-state index in [0.29, 0.717) is 18.1 Å². The van der Waals surface area contributed by atoms with Gasteiger partial charge in [0.15, 0.2) is 0 Å². The number of aliphatic hydroxyl groups excluding tert-OH is 2. The molecule has 7 nitrogen and oxygen atoms in total. The van der Waals surface area contributed by atoms with Crippen LogP contribution in [-0.2, 0) is 11.4 Å². The van der Waals surface area contributed by atoms with Crippen LogP contribution >= 0.6 is 0 Å². The Labute approximate surface area is 222 Å². The Bertz CT molecular complexity index is 1340. The van der Waals surface area contributed by atoms with Gasteiger partial charge in [-0.25, -0.2) is 0 Å². The standard InChI is InChI=1S/C31H34O7/c1-18-11-24(37-17-22(33)15-32)12-19(2)30(18)25-6-4-5-21(20(25)3)16-36-23-7-8-26-27(14-29(34)35)31(9-10-31)38-28(26)13-23/h4-8,11-13,22,27,32-33H,9-10,14-17H2,1-3H3,(H,34,35)/t22-,27+/m0/s1. The maximum atomic E-state index is 11.4. The van der Waals surface area contributed by atoms with Crippen molar-refractivity contribution in [1.29, 1.82) is 0 Å². The molecular weight excluding hydrogens is 484 g/mol. The Balaban J connectivity index is 1.33. The number of carbonyl (C=O) groups is 1. The number of aliphatic hydroxyl groups is 2. The van der Waals surface area contributed by atoms with E-state index in [-0.39, 0.29) is 31.2 Å². The predicted octanol–water partition coefficient (Wildman–Crippen LogP) is 5.07. The number of aliphatic carboxylic acids is 1. The first-order valence-electron chi connectivity index (χ1n) is 13.0. The van der Waals surface area contributed by atoms with E-state index in [1.165, 1.54) is 0 Å². The lowest BCUT2D eigenvalue weighted by Crippen LogP contribution is -2.22. The van der Waals surface area contributed by atoms with Crippen LogP contribution in [0.5, 0.6) is 17.2 Å². The van der Waals surface area contributed by atoms with Gasteiger partial charge >= 0.3 is 5.97 Å². The van der Waals surface area contributed by atoms with Crippen LogP contribution in [0.1, 0.15) is 53.0 Å². The fourth-order valence-corrected chi connectivity index (χ4v) is 5.55. The highest BCUT2D eigenvalue weighted by Crippen LogP contribution is 2.59. The molecule has 2 aliphatic rings. The van der Waals surface area contributed by atoms with E-state index in [9.17, 15) is 15.0 Å². The number of benzene rings is 3. The van der Waals surface area contributed by atoms with Gasteiger partial charge in [0, 0.05) is 17.5 Å². The Kier molecular flexibility index (Phi) is 7.07. The Hall–Kier alpha value is -3.55. The van der Waals surface area contributed by atoms with Gasteiger partial charge in [0.2, 0.25) is 0 Å². The molecule has 1 aliphatic heterocycles. The van der Waals surface area contributed by atoms with Crippen molar-refractivity contribution in [2.45, 2.75) is 64.3 Å². The lowest BCUT2D eigenvalue weighted by molar-refractivity contribution is -0.138. The van der Waals surface area contributed by atoms with E-state index in [2.05, 4.69) is 19.1 Å². The summed E-state index contributed by atoms with van der Waals surface area (Å²) >= 11 is 0. The second-order valence-corrected chi connectivity index (χ2v) is 10.5. The maximum absolute atomic E-state index is 11.4. The lowest BCUT2D eigenvalue weighted by Gasteiger charge is -2.18. The van der Waals surface area contributed by atoms with Crippen LogP contribution in [0.4, 0.5) is 0 Å². The van der Waals surface area contributed by atoms with Gasteiger partial charge in [-0.2, -0.15) is 0 Å². The second-order valence-electron chi connectivity index (χ2n) is 10.5. The SMILES string of the molecule is Cc1cc(OC[C@@H](O)CO)cc(C)c1-c1cccc(COc2ccc3c(c2)OC2(CC2)[C@@H]3CC(=O)O)c1C. The predicted molar refractivity (Wildman–Crippen MR) is 143 cm³/mol. The third kappa shape index (κ3) is 5.08. The molecule has 38 heavy (non-hydrogen) atoms. The molecule has 1 saturated carbocycles. The summed E-state index contributed by atoms with van der Waals surface area (Å²) in [5.74, 6) is 1.18. The monoisotopic (exact) mass is 518 g/mol. The molecule has 5 rings (SSSR count). The molecule has 1 heterocycles. The highest BCUT2D eigenvalue weighted by atomic mass is 16.5. The Morgan fingerprint density at radius 1 is 1.05 bits per heavy atom. The normalized spacial score (nSPS) is 17.6. The summed E-state index contributed by atoms with van der Waals surface area (Å²) in [5.41, 5.74) is 7.16. The molecule has 0 bridgehead atoms. The quantitative estimate of drug-likeness (QED) is 0.344.